The molecule has 0 radical (unpaired) electrons. The molecule has 1 aromatic carbocycles. The highest BCUT2D eigenvalue weighted by Crippen LogP contribution is 2.76. The zero-order valence-corrected chi connectivity index (χ0v) is 27.5. The van der Waals surface area contributed by atoms with Crippen molar-refractivity contribution in [1.29, 1.82) is 0 Å². The number of fused-ring (bicyclic) bond motifs is 5. The van der Waals surface area contributed by atoms with Crippen molar-refractivity contribution in [2.75, 3.05) is 0 Å². The lowest BCUT2D eigenvalue weighted by atomic mass is 9.35. The topological polar surface area (TPSA) is 78.8 Å². The summed E-state index contributed by atoms with van der Waals surface area (Å²) in [6.45, 7) is 18.4. The molecule has 234 valence electrons. The molecule has 5 heteroatoms. The Kier molecular flexibility index (Phi) is 7.13. The standard InChI is InChI=1S/C37H57NO4/c1-32(2)26-15-20-35(6)27(34(26,5)18-16-28(32)38-31(40)23-12-10-9-11-13-23)22-25(39)30-24(14-19-36(30,35)7)37(8)21-17-29(42-37)33(3,4)41/h9-13,24-30,39,41H,14-22H2,1-8H3,(H,38,40)/t24-,25+,26-,27+,28-,29+,30-,34-,35+,36+,37-/m0/s1. The number of carbonyl (C=O) groups is 1. The largest absolute Gasteiger partial charge is 0.393 e. The van der Waals surface area contributed by atoms with Crippen LogP contribution in [-0.4, -0.2) is 45.6 Å². The molecule has 6 rings (SSSR count). The molecule has 3 N–H and O–H groups in total. The quantitative estimate of drug-likeness (QED) is 0.354. The fourth-order valence-corrected chi connectivity index (χ4v) is 12.2. The molecule has 4 saturated carbocycles. The number of hydrogen-bond acceptors (Lipinski definition) is 4. The molecule has 1 saturated heterocycles. The molecule has 0 spiro atoms. The van der Waals surface area contributed by atoms with Crippen LogP contribution >= 0.6 is 0 Å². The van der Waals surface area contributed by atoms with E-state index in [-0.39, 0.29) is 57.3 Å². The van der Waals surface area contributed by atoms with Crippen LogP contribution in [0.2, 0.25) is 0 Å². The Hall–Kier alpha value is -1.43. The van der Waals surface area contributed by atoms with E-state index in [9.17, 15) is 15.0 Å². The van der Waals surface area contributed by atoms with Gasteiger partial charge < -0.3 is 20.3 Å². The van der Waals surface area contributed by atoms with E-state index in [0.717, 1.165) is 50.5 Å². The predicted molar refractivity (Wildman–Crippen MR) is 167 cm³/mol. The van der Waals surface area contributed by atoms with Crippen molar-refractivity contribution < 1.29 is 19.7 Å². The van der Waals surface area contributed by atoms with Gasteiger partial charge in [0.2, 0.25) is 0 Å². The molecule has 0 unspecified atom stereocenters. The normalized spacial score (nSPS) is 48.2. The molecule has 42 heavy (non-hydrogen) atoms. The second-order valence-electron chi connectivity index (χ2n) is 17.3. The van der Waals surface area contributed by atoms with Crippen LogP contribution in [0.15, 0.2) is 30.3 Å². The third-order valence-electron chi connectivity index (χ3n) is 14.6. The van der Waals surface area contributed by atoms with Crippen LogP contribution in [0.25, 0.3) is 0 Å². The summed E-state index contributed by atoms with van der Waals surface area (Å²) in [6.07, 6.45) is 8.87. The van der Waals surface area contributed by atoms with Gasteiger partial charge in [-0.25, -0.2) is 0 Å². The maximum atomic E-state index is 13.2. The van der Waals surface area contributed by atoms with Gasteiger partial charge in [0, 0.05) is 11.6 Å². The van der Waals surface area contributed by atoms with E-state index >= 15 is 0 Å². The number of aliphatic hydroxyl groups is 2. The van der Waals surface area contributed by atoms with Crippen LogP contribution in [-0.2, 0) is 4.74 Å². The Morgan fingerprint density at radius 3 is 2.19 bits per heavy atom. The molecule has 0 aromatic heterocycles. The Morgan fingerprint density at radius 1 is 0.881 bits per heavy atom. The third-order valence-corrected chi connectivity index (χ3v) is 14.6. The summed E-state index contributed by atoms with van der Waals surface area (Å²) >= 11 is 0. The van der Waals surface area contributed by atoms with Crippen LogP contribution < -0.4 is 5.32 Å². The van der Waals surface area contributed by atoms with Gasteiger partial charge >= 0.3 is 0 Å². The predicted octanol–water partition coefficient (Wildman–Crippen LogP) is 7.15. The second kappa shape index (κ2) is 9.78. The highest BCUT2D eigenvalue weighted by Gasteiger charge is 2.72. The lowest BCUT2D eigenvalue weighted by Gasteiger charge is -2.71. The Balaban J connectivity index is 1.26. The highest BCUT2D eigenvalue weighted by atomic mass is 16.5. The Bertz CT molecular complexity index is 1190. The summed E-state index contributed by atoms with van der Waals surface area (Å²) in [6, 6.07) is 9.76. The zero-order valence-electron chi connectivity index (χ0n) is 27.5. The molecule has 1 aliphatic heterocycles. The van der Waals surface area contributed by atoms with Crippen molar-refractivity contribution in [2.45, 2.75) is 143 Å². The van der Waals surface area contributed by atoms with Gasteiger partial charge in [0.25, 0.3) is 5.91 Å². The maximum Gasteiger partial charge on any atom is 0.251 e. The minimum absolute atomic E-state index is 0.0308. The monoisotopic (exact) mass is 579 g/mol. The van der Waals surface area contributed by atoms with Gasteiger partial charge in [-0.05, 0) is 136 Å². The van der Waals surface area contributed by atoms with E-state index in [0.29, 0.717) is 17.8 Å². The van der Waals surface area contributed by atoms with Gasteiger partial charge in [0.15, 0.2) is 0 Å². The van der Waals surface area contributed by atoms with E-state index in [2.05, 4.69) is 46.9 Å². The molecule has 5 aliphatic rings. The molecule has 11 atom stereocenters. The molecular weight excluding hydrogens is 522 g/mol. The van der Waals surface area contributed by atoms with Gasteiger partial charge in [0.1, 0.15) is 0 Å². The molecule has 1 amide bonds. The maximum absolute atomic E-state index is 13.2. The number of hydrogen-bond donors (Lipinski definition) is 3. The van der Waals surface area contributed by atoms with Gasteiger partial charge in [0.05, 0.1) is 23.4 Å². The van der Waals surface area contributed by atoms with Crippen molar-refractivity contribution in [3.63, 3.8) is 0 Å². The summed E-state index contributed by atoms with van der Waals surface area (Å²) in [5.74, 6) is 1.51. The molecule has 0 bridgehead atoms. The first-order chi connectivity index (χ1) is 19.5. The van der Waals surface area contributed by atoms with E-state index in [4.69, 9.17) is 4.74 Å². The zero-order chi connectivity index (χ0) is 30.5. The average molecular weight is 580 g/mol. The van der Waals surface area contributed by atoms with Crippen LogP contribution in [0.5, 0.6) is 0 Å². The SMILES string of the molecule is CC(C)(O)[C@H]1CC[C@@](C)([C@H]2CC[C@]3(C)[C@@H]2[C@H](O)C[C@@H]2[C@@]4(C)CC[C@H](NC(=O)c5ccccc5)C(C)(C)[C@@H]4CC[C@]23C)O1. The second-order valence-corrected chi connectivity index (χ2v) is 17.3. The molecule has 1 aromatic rings. The van der Waals surface area contributed by atoms with Crippen molar-refractivity contribution in [2.24, 2.45) is 45.3 Å². The van der Waals surface area contributed by atoms with Gasteiger partial charge in [-0.1, -0.05) is 52.8 Å². The Labute approximate surface area is 254 Å². The fourth-order valence-electron chi connectivity index (χ4n) is 12.2. The summed E-state index contributed by atoms with van der Waals surface area (Å²) in [7, 11) is 0. The summed E-state index contributed by atoms with van der Waals surface area (Å²) < 4.78 is 6.72. The van der Waals surface area contributed by atoms with Crippen LogP contribution in [0.1, 0.15) is 124 Å². The van der Waals surface area contributed by atoms with Gasteiger partial charge in [-0.15, -0.1) is 0 Å². The van der Waals surface area contributed by atoms with Crippen LogP contribution in [0, 0.1) is 45.3 Å². The third kappa shape index (κ3) is 4.30. The number of benzene rings is 1. The van der Waals surface area contributed by atoms with E-state index in [1.165, 1.54) is 12.8 Å². The minimum Gasteiger partial charge on any atom is -0.393 e. The van der Waals surface area contributed by atoms with Crippen molar-refractivity contribution >= 4 is 5.91 Å². The van der Waals surface area contributed by atoms with Gasteiger partial charge in [-0.3, -0.25) is 4.79 Å². The Morgan fingerprint density at radius 2 is 1.55 bits per heavy atom. The molecule has 4 aliphatic carbocycles. The van der Waals surface area contributed by atoms with Crippen molar-refractivity contribution in [3.8, 4) is 0 Å². The minimum atomic E-state index is -0.846. The first-order valence-corrected chi connectivity index (χ1v) is 16.9. The van der Waals surface area contributed by atoms with E-state index < -0.39 is 5.60 Å². The molecular formula is C37H57NO4. The average Bonchev–Trinajstić information content (AvgIpc) is 3.51. The number of amides is 1. The number of aliphatic hydroxyl groups excluding tert-OH is 1. The lowest BCUT2D eigenvalue weighted by Crippen LogP contribution is -2.67. The molecule has 5 nitrogen and oxygen atoms in total. The smallest absolute Gasteiger partial charge is 0.251 e. The van der Waals surface area contributed by atoms with Crippen LogP contribution in [0.4, 0.5) is 0 Å². The van der Waals surface area contributed by atoms with Crippen molar-refractivity contribution in [3.05, 3.63) is 35.9 Å². The summed E-state index contributed by atoms with van der Waals surface area (Å²) in [5.41, 5.74) is -0.116. The summed E-state index contributed by atoms with van der Waals surface area (Å²) in [5, 5.41) is 26.3. The fraction of sp³-hybridized carbons (Fsp3) is 0.811. The van der Waals surface area contributed by atoms with E-state index in [1.54, 1.807) is 0 Å². The molecule has 1 heterocycles. The number of nitrogens with one attached hydrogen (secondary N) is 1. The number of carbonyl (C=O) groups excluding carboxylic acids is 1. The van der Waals surface area contributed by atoms with Gasteiger partial charge in [-0.2, -0.15) is 0 Å². The lowest BCUT2D eigenvalue weighted by molar-refractivity contribution is -0.240. The number of ether oxygens (including phenoxy) is 1. The van der Waals surface area contributed by atoms with Crippen molar-refractivity contribution in [1.82, 2.24) is 5.32 Å². The first kappa shape index (κ1) is 30.6. The first-order valence-electron chi connectivity index (χ1n) is 16.9. The van der Waals surface area contributed by atoms with Crippen LogP contribution in [0.3, 0.4) is 0 Å². The highest BCUT2D eigenvalue weighted by molar-refractivity contribution is 5.94. The number of rotatable bonds is 4. The summed E-state index contributed by atoms with van der Waals surface area (Å²) in [4.78, 5) is 13.2. The van der Waals surface area contributed by atoms with E-state index in [1.807, 2.05) is 44.2 Å². The molecule has 5 fully saturated rings.